The third kappa shape index (κ3) is 3.69. The molecule has 0 spiro atoms. The quantitative estimate of drug-likeness (QED) is 0.662. The van der Waals surface area contributed by atoms with Crippen LogP contribution in [0.15, 0.2) is 89.5 Å². The maximum absolute atomic E-state index is 4.76. The van der Waals surface area contributed by atoms with Crippen LogP contribution in [-0.2, 0) is 0 Å². The molecular formula is C27H28N3+. The van der Waals surface area contributed by atoms with Crippen molar-refractivity contribution in [3.63, 3.8) is 0 Å². The van der Waals surface area contributed by atoms with E-state index < -0.39 is 0 Å². The first-order valence-corrected chi connectivity index (χ1v) is 10.8. The normalized spacial score (nSPS) is 17.4. The Labute approximate surface area is 179 Å². The first kappa shape index (κ1) is 18.8. The molecule has 0 unspecified atom stereocenters. The van der Waals surface area contributed by atoms with E-state index in [1.54, 1.807) is 4.90 Å². The number of piperazine rings is 1. The lowest BCUT2D eigenvalue weighted by molar-refractivity contribution is -0.929. The zero-order valence-corrected chi connectivity index (χ0v) is 17.5. The fraction of sp³-hybridized carbons (Fsp3) is 0.222. The molecule has 2 aliphatic rings. The van der Waals surface area contributed by atoms with E-state index in [0.29, 0.717) is 6.04 Å². The average Bonchev–Trinajstić information content (AvgIpc) is 3.13. The van der Waals surface area contributed by atoms with Crippen LogP contribution in [0.5, 0.6) is 0 Å². The number of hydrogen-bond acceptors (Lipinski definition) is 2. The molecule has 3 nitrogen and oxygen atoms in total. The second-order valence-electron chi connectivity index (χ2n) is 8.26. The van der Waals surface area contributed by atoms with Crippen LogP contribution in [0.2, 0.25) is 0 Å². The van der Waals surface area contributed by atoms with Crippen LogP contribution in [0.4, 0.5) is 0 Å². The smallest absolute Gasteiger partial charge is 0.140 e. The summed E-state index contributed by atoms with van der Waals surface area (Å²) < 4.78 is 0. The van der Waals surface area contributed by atoms with Gasteiger partial charge in [-0.3, -0.25) is 5.01 Å². The Morgan fingerprint density at radius 3 is 2.03 bits per heavy atom. The number of benzene rings is 3. The number of hydrogen-bond donors (Lipinski definition) is 1. The van der Waals surface area contributed by atoms with Crippen molar-refractivity contribution in [1.29, 1.82) is 0 Å². The van der Waals surface area contributed by atoms with Crippen LogP contribution >= 0.6 is 0 Å². The van der Waals surface area contributed by atoms with Crippen molar-refractivity contribution in [2.45, 2.75) is 13.0 Å². The second-order valence-corrected chi connectivity index (χ2v) is 8.26. The highest BCUT2D eigenvalue weighted by Crippen LogP contribution is 2.41. The lowest BCUT2D eigenvalue weighted by atomic mass is 10.0. The molecule has 1 N–H and O–H groups in total. The average molecular weight is 395 g/mol. The van der Waals surface area contributed by atoms with Gasteiger partial charge >= 0.3 is 0 Å². The Hall–Kier alpha value is -3.17. The van der Waals surface area contributed by atoms with Crippen LogP contribution in [0, 0.1) is 0 Å². The topological polar surface area (TPSA) is 20.0 Å². The Morgan fingerprint density at radius 2 is 1.40 bits per heavy atom. The predicted molar refractivity (Wildman–Crippen MR) is 125 cm³/mol. The van der Waals surface area contributed by atoms with Gasteiger partial charge in [0.05, 0.1) is 26.2 Å². The summed E-state index contributed by atoms with van der Waals surface area (Å²) in [4.78, 5) is 1.65. The van der Waals surface area contributed by atoms with Crippen molar-refractivity contribution < 1.29 is 4.90 Å². The molecule has 0 atom stereocenters. The number of fused-ring (bicyclic) bond motifs is 3. The summed E-state index contributed by atoms with van der Waals surface area (Å²) in [6.07, 6.45) is 4.18. The van der Waals surface area contributed by atoms with Crippen molar-refractivity contribution in [3.8, 4) is 11.1 Å². The predicted octanol–water partition coefficient (Wildman–Crippen LogP) is 4.05. The van der Waals surface area contributed by atoms with Crippen LogP contribution in [0.1, 0.15) is 29.7 Å². The van der Waals surface area contributed by atoms with E-state index in [4.69, 9.17) is 5.10 Å². The van der Waals surface area contributed by atoms with Crippen LogP contribution in [0.25, 0.3) is 17.2 Å². The van der Waals surface area contributed by atoms with Gasteiger partial charge in [-0.25, -0.2) is 0 Å². The molecule has 0 radical (unpaired) electrons. The van der Waals surface area contributed by atoms with E-state index in [2.05, 4.69) is 90.8 Å². The standard InChI is InChI=1S/C27H27N3/c1-21(19-22-9-3-2-4-10-22)20-28-30-17-15-29(16-18-30)27-25-13-7-5-11-23(25)24-12-6-8-14-26(24)27/h2-14,19-20,27H,15-18H2,1H3/p+1/b21-19-,28-20-. The molecule has 150 valence electrons. The van der Waals surface area contributed by atoms with Gasteiger partial charge in [0, 0.05) is 17.3 Å². The first-order valence-electron chi connectivity index (χ1n) is 10.8. The summed E-state index contributed by atoms with van der Waals surface area (Å²) in [7, 11) is 0. The summed E-state index contributed by atoms with van der Waals surface area (Å²) >= 11 is 0. The van der Waals surface area contributed by atoms with Gasteiger partial charge in [-0.05, 0) is 29.2 Å². The molecular weight excluding hydrogens is 366 g/mol. The van der Waals surface area contributed by atoms with Gasteiger partial charge in [0.1, 0.15) is 6.04 Å². The lowest BCUT2D eigenvalue weighted by Gasteiger charge is -2.34. The van der Waals surface area contributed by atoms with E-state index in [9.17, 15) is 0 Å². The number of nitrogens with one attached hydrogen (secondary N) is 1. The van der Waals surface area contributed by atoms with Crippen LogP contribution in [-0.4, -0.2) is 37.4 Å². The van der Waals surface area contributed by atoms with E-state index in [-0.39, 0.29) is 0 Å². The molecule has 1 heterocycles. The fourth-order valence-corrected chi connectivity index (χ4v) is 4.80. The van der Waals surface area contributed by atoms with Crippen molar-refractivity contribution in [1.82, 2.24) is 5.01 Å². The Morgan fingerprint density at radius 1 is 0.833 bits per heavy atom. The summed E-state index contributed by atoms with van der Waals surface area (Å²) in [5.74, 6) is 0. The van der Waals surface area contributed by atoms with Crippen molar-refractivity contribution in [3.05, 3.63) is 101 Å². The fourth-order valence-electron chi connectivity index (χ4n) is 4.80. The third-order valence-corrected chi connectivity index (χ3v) is 6.24. The van der Waals surface area contributed by atoms with Gasteiger partial charge in [-0.1, -0.05) is 84.9 Å². The van der Waals surface area contributed by atoms with Gasteiger partial charge in [0.15, 0.2) is 0 Å². The number of hydrazone groups is 1. The Kier molecular flexibility index (Phi) is 5.20. The zero-order valence-electron chi connectivity index (χ0n) is 17.5. The minimum Gasteiger partial charge on any atom is -0.322 e. The molecule has 0 bridgehead atoms. The number of allylic oxidation sites excluding steroid dienone is 1. The molecule has 5 rings (SSSR count). The molecule has 0 amide bonds. The molecule has 1 saturated heterocycles. The molecule has 30 heavy (non-hydrogen) atoms. The Bertz CT molecular complexity index is 1030. The van der Waals surface area contributed by atoms with E-state index in [1.165, 1.54) is 33.4 Å². The maximum atomic E-state index is 4.76. The first-order chi connectivity index (χ1) is 14.8. The largest absolute Gasteiger partial charge is 0.322 e. The van der Waals surface area contributed by atoms with Crippen molar-refractivity contribution >= 4 is 12.3 Å². The minimum absolute atomic E-state index is 0.447. The number of quaternary nitrogens is 1. The maximum Gasteiger partial charge on any atom is 0.140 e. The molecule has 1 aliphatic carbocycles. The van der Waals surface area contributed by atoms with E-state index >= 15 is 0 Å². The number of rotatable bonds is 4. The lowest BCUT2D eigenvalue weighted by Crippen LogP contribution is -3.14. The van der Waals surface area contributed by atoms with E-state index in [1.807, 2.05) is 12.3 Å². The second kappa shape index (κ2) is 8.29. The van der Waals surface area contributed by atoms with Gasteiger partial charge < -0.3 is 4.90 Å². The highest BCUT2D eigenvalue weighted by atomic mass is 15.5. The summed E-state index contributed by atoms with van der Waals surface area (Å²) in [6.45, 7) is 6.30. The van der Waals surface area contributed by atoms with Gasteiger partial charge in [0.25, 0.3) is 0 Å². The molecule has 3 aromatic carbocycles. The molecule has 0 aromatic heterocycles. The monoisotopic (exact) mass is 394 g/mol. The van der Waals surface area contributed by atoms with Gasteiger partial charge in [-0.15, -0.1) is 0 Å². The summed E-state index contributed by atoms with van der Waals surface area (Å²) in [6, 6.07) is 28.7. The van der Waals surface area contributed by atoms with E-state index in [0.717, 1.165) is 26.2 Å². The van der Waals surface area contributed by atoms with Crippen LogP contribution < -0.4 is 4.90 Å². The minimum atomic E-state index is 0.447. The van der Waals surface area contributed by atoms with Crippen molar-refractivity contribution in [2.75, 3.05) is 26.2 Å². The molecule has 1 aliphatic heterocycles. The van der Waals surface area contributed by atoms with Gasteiger partial charge in [0.2, 0.25) is 0 Å². The SMILES string of the molecule is CC(/C=N\N1CC[NH+](C2c3ccccc3-c3ccccc32)CC1)=C/c1ccccc1. The highest BCUT2D eigenvalue weighted by molar-refractivity contribution is 5.84. The molecule has 1 fully saturated rings. The Balaban J connectivity index is 1.27. The van der Waals surface area contributed by atoms with Gasteiger partial charge in [-0.2, -0.15) is 5.10 Å². The molecule has 3 heteroatoms. The third-order valence-electron chi connectivity index (χ3n) is 6.24. The van der Waals surface area contributed by atoms with Crippen molar-refractivity contribution in [2.24, 2.45) is 5.10 Å². The number of nitrogens with zero attached hydrogens (tertiary/aromatic N) is 2. The zero-order chi connectivity index (χ0) is 20.3. The highest BCUT2D eigenvalue weighted by Gasteiger charge is 2.37. The summed E-state index contributed by atoms with van der Waals surface area (Å²) in [5.41, 5.74) is 8.17. The molecule has 3 aromatic rings. The summed E-state index contributed by atoms with van der Waals surface area (Å²) in [5, 5.41) is 6.98. The van der Waals surface area contributed by atoms with Crippen LogP contribution in [0.3, 0.4) is 0 Å². The molecule has 0 saturated carbocycles.